The molecule has 0 aliphatic heterocycles. The Bertz CT molecular complexity index is 108. The van der Waals surface area contributed by atoms with Gasteiger partial charge in [0.1, 0.15) is 0 Å². The third kappa shape index (κ3) is 0.634. The number of aliphatic hydroxyl groups excluding tert-OH is 1. The van der Waals surface area contributed by atoms with Crippen LogP contribution in [0.5, 0.6) is 0 Å². The van der Waals surface area contributed by atoms with Crippen LogP contribution in [0.2, 0.25) is 0 Å². The molecule has 0 heterocycles. The van der Waals surface area contributed by atoms with E-state index in [0.717, 1.165) is 0 Å². The lowest BCUT2D eigenvalue weighted by Gasteiger charge is -2.22. The molecule has 52 valence electrons. The lowest BCUT2D eigenvalue weighted by atomic mass is 9.94. The molecule has 3 N–H and O–H groups in total. The fourth-order valence-electron chi connectivity index (χ4n) is 2.31. The highest BCUT2D eigenvalue weighted by Gasteiger charge is 2.44. The van der Waals surface area contributed by atoms with Crippen LogP contribution in [0.3, 0.4) is 0 Å². The minimum absolute atomic E-state index is 0.101. The van der Waals surface area contributed by atoms with Gasteiger partial charge in [-0.05, 0) is 31.1 Å². The molecule has 2 bridgehead atoms. The summed E-state index contributed by atoms with van der Waals surface area (Å²) in [6.45, 7) is 0. The molecule has 2 nitrogen and oxygen atoms in total. The SMILES string of the molecule is N[C@H]1[C@H]2CC[C@H](C2)[C@H]1O. The zero-order valence-corrected chi connectivity index (χ0v) is 5.46. The maximum atomic E-state index is 9.36. The van der Waals surface area contributed by atoms with Crippen LogP contribution in [0.25, 0.3) is 0 Å². The largest absolute Gasteiger partial charge is 0.391 e. The first-order chi connectivity index (χ1) is 4.29. The molecular formula is C7H13NO. The second-order valence-electron chi connectivity index (χ2n) is 3.40. The molecule has 0 radical (unpaired) electrons. The molecule has 0 unspecified atom stereocenters. The van der Waals surface area contributed by atoms with E-state index in [1.165, 1.54) is 19.3 Å². The Morgan fingerprint density at radius 1 is 1.22 bits per heavy atom. The highest BCUT2D eigenvalue weighted by atomic mass is 16.3. The lowest BCUT2D eigenvalue weighted by molar-refractivity contribution is 0.0944. The average Bonchev–Trinajstić information content (AvgIpc) is 2.37. The summed E-state index contributed by atoms with van der Waals surface area (Å²) in [6.07, 6.45) is 3.47. The second kappa shape index (κ2) is 1.70. The van der Waals surface area contributed by atoms with Gasteiger partial charge in [-0.1, -0.05) is 0 Å². The van der Waals surface area contributed by atoms with Gasteiger partial charge in [0.2, 0.25) is 0 Å². The minimum Gasteiger partial charge on any atom is -0.391 e. The van der Waals surface area contributed by atoms with Crippen molar-refractivity contribution in [3.8, 4) is 0 Å². The molecular weight excluding hydrogens is 114 g/mol. The van der Waals surface area contributed by atoms with E-state index in [4.69, 9.17) is 5.73 Å². The Morgan fingerprint density at radius 2 is 1.89 bits per heavy atom. The number of rotatable bonds is 0. The van der Waals surface area contributed by atoms with Gasteiger partial charge in [0, 0.05) is 6.04 Å². The molecule has 2 heteroatoms. The van der Waals surface area contributed by atoms with Crippen LogP contribution in [0.1, 0.15) is 19.3 Å². The number of nitrogens with two attached hydrogens (primary N) is 1. The molecule has 0 aromatic rings. The number of aliphatic hydroxyl groups is 1. The predicted octanol–water partition coefficient (Wildman–Crippen LogP) is 0.104. The summed E-state index contributed by atoms with van der Waals surface area (Å²) in [5.41, 5.74) is 5.71. The van der Waals surface area contributed by atoms with Gasteiger partial charge in [0.25, 0.3) is 0 Å². The van der Waals surface area contributed by atoms with E-state index in [1.807, 2.05) is 0 Å². The van der Waals surface area contributed by atoms with Gasteiger partial charge >= 0.3 is 0 Å². The topological polar surface area (TPSA) is 46.2 Å². The Balaban J connectivity index is 2.15. The maximum Gasteiger partial charge on any atom is 0.0721 e. The van der Waals surface area contributed by atoms with Crippen molar-refractivity contribution in [1.29, 1.82) is 0 Å². The van der Waals surface area contributed by atoms with Crippen molar-refractivity contribution in [2.24, 2.45) is 17.6 Å². The Hall–Kier alpha value is -0.0800. The molecule has 0 saturated heterocycles. The van der Waals surface area contributed by atoms with Gasteiger partial charge in [-0.25, -0.2) is 0 Å². The minimum atomic E-state index is -0.177. The van der Waals surface area contributed by atoms with Gasteiger partial charge < -0.3 is 10.8 Å². The molecule has 2 saturated carbocycles. The van der Waals surface area contributed by atoms with Gasteiger partial charge in [-0.15, -0.1) is 0 Å². The maximum absolute atomic E-state index is 9.36. The van der Waals surface area contributed by atoms with Crippen LogP contribution in [0, 0.1) is 11.8 Å². The summed E-state index contributed by atoms with van der Waals surface area (Å²) in [6, 6.07) is 0.101. The lowest BCUT2D eigenvalue weighted by Crippen LogP contribution is -2.39. The van der Waals surface area contributed by atoms with Crippen LogP contribution < -0.4 is 5.73 Å². The predicted molar refractivity (Wildman–Crippen MR) is 34.8 cm³/mol. The van der Waals surface area contributed by atoms with Crippen molar-refractivity contribution in [3.05, 3.63) is 0 Å². The first kappa shape index (κ1) is 5.69. The fourth-order valence-corrected chi connectivity index (χ4v) is 2.31. The molecule has 2 aliphatic carbocycles. The Labute approximate surface area is 55.1 Å². The molecule has 0 amide bonds. The molecule has 0 aromatic heterocycles. The summed E-state index contributed by atoms with van der Waals surface area (Å²) in [4.78, 5) is 0. The summed E-state index contributed by atoms with van der Waals surface area (Å²) in [7, 11) is 0. The van der Waals surface area contributed by atoms with Crippen LogP contribution in [0.4, 0.5) is 0 Å². The molecule has 9 heavy (non-hydrogen) atoms. The summed E-state index contributed by atoms with van der Waals surface area (Å²) >= 11 is 0. The van der Waals surface area contributed by atoms with Gasteiger partial charge in [-0.2, -0.15) is 0 Å². The van der Waals surface area contributed by atoms with E-state index in [0.29, 0.717) is 11.8 Å². The quantitative estimate of drug-likeness (QED) is 0.485. The Kier molecular flexibility index (Phi) is 1.08. The van der Waals surface area contributed by atoms with Crippen molar-refractivity contribution in [2.75, 3.05) is 0 Å². The van der Waals surface area contributed by atoms with E-state index >= 15 is 0 Å². The van der Waals surface area contributed by atoms with Crippen molar-refractivity contribution >= 4 is 0 Å². The second-order valence-corrected chi connectivity index (χ2v) is 3.40. The normalized spacial score (nSPS) is 56.7. The van der Waals surface area contributed by atoms with Gasteiger partial charge in [0.15, 0.2) is 0 Å². The van der Waals surface area contributed by atoms with Gasteiger partial charge in [0.05, 0.1) is 6.10 Å². The zero-order chi connectivity index (χ0) is 6.43. The zero-order valence-electron chi connectivity index (χ0n) is 5.46. The molecule has 2 aliphatic rings. The van der Waals surface area contributed by atoms with Crippen molar-refractivity contribution in [2.45, 2.75) is 31.4 Å². The van der Waals surface area contributed by atoms with Crippen LogP contribution in [-0.2, 0) is 0 Å². The first-order valence-corrected chi connectivity index (χ1v) is 3.72. The fraction of sp³-hybridized carbons (Fsp3) is 1.00. The number of hydrogen-bond acceptors (Lipinski definition) is 2. The third-order valence-electron chi connectivity index (χ3n) is 2.94. The molecule has 4 atom stereocenters. The van der Waals surface area contributed by atoms with Crippen molar-refractivity contribution in [1.82, 2.24) is 0 Å². The van der Waals surface area contributed by atoms with Crippen molar-refractivity contribution in [3.63, 3.8) is 0 Å². The van der Waals surface area contributed by atoms with Crippen LogP contribution in [0.15, 0.2) is 0 Å². The molecule has 0 aromatic carbocycles. The summed E-state index contributed by atoms with van der Waals surface area (Å²) < 4.78 is 0. The van der Waals surface area contributed by atoms with Crippen LogP contribution in [-0.4, -0.2) is 17.3 Å². The van der Waals surface area contributed by atoms with E-state index in [-0.39, 0.29) is 12.1 Å². The average molecular weight is 127 g/mol. The highest BCUT2D eigenvalue weighted by Crippen LogP contribution is 2.43. The monoisotopic (exact) mass is 127 g/mol. The highest BCUT2D eigenvalue weighted by molar-refractivity contribution is 4.98. The summed E-state index contributed by atoms with van der Waals surface area (Å²) in [5, 5.41) is 9.36. The van der Waals surface area contributed by atoms with E-state index in [9.17, 15) is 5.11 Å². The smallest absolute Gasteiger partial charge is 0.0721 e. The summed E-state index contributed by atoms with van der Waals surface area (Å²) in [5.74, 6) is 1.19. The Morgan fingerprint density at radius 3 is 2.22 bits per heavy atom. The molecule has 2 fully saturated rings. The standard InChI is InChI=1S/C7H13NO/c8-6-4-1-2-5(3-4)7(6)9/h4-7,9H,1-3,8H2/t4-,5+,6-,7+/m0/s1. The van der Waals surface area contributed by atoms with E-state index in [1.54, 1.807) is 0 Å². The van der Waals surface area contributed by atoms with E-state index < -0.39 is 0 Å². The number of fused-ring (bicyclic) bond motifs is 2. The number of hydrogen-bond donors (Lipinski definition) is 2. The van der Waals surface area contributed by atoms with E-state index in [2.05, 4.69) is 0 Å². The van der Waals surface area contributed by atoms with Crippen LogP contribution >= 0.6 is 0 Å². The third-order valence-corrected chi connectivity index (χ3v) is 2.94. The molecule has 2 rings (SSSR count). The first-order valence-electron chi connectivity index (χ1n) is 3.72. The van der Waals surface area contributed by atoms with Crippen molar-refractivity contribution < 1.29 is 5.11 Å². The molecule has 0 spiro atoms. The van der Waals surface area contributed by atoms with Gasteiger partial charge in [-0.3, -0.25) is 0 Å².